The van der Waals surface area contributed by atoms with Gasteiger partial charge in [0, 0.05) is 12.5 Å². The molecule has 0 spiro atoms. The Morgan fingerprint density at radius 1 is 1.20 bits per heavy atom. The average molecular weight is 491 g/mol. The van der Waals surface area contributed by atoms with Crippen LogP contribution in [0.25, 0.3) is 0 Å². The van der Waals surface area contributed by atoms with Gasteiger partial charge in [-0.25, -0.2) is 4.79 Å². The van der Waals surface area contributed by atoms with Gasteiger partial charge in [-0.2, -0.15) is 0 Å². The highest BCUT2D eigenvalue weighted by molar-refractivity contribution is 5.85. The van der Waals surface area contributed by atoms with Crippen LogP contribution >= 0.6 is 0 Å². The third kappa shape index (κ3) is 8.02. The van der Waals surface area contributed by atoms with Gasteiger partial charge in [-0.3, -0.25) is 4.79 Å². The quantitative estimate of drug-likeness (QED) is 0.524. The number of carbonyl (C=O) groups is 2. The maximum absolute atomic E-state index is 13.2. The summed E-state index contributed by atoms with van der Waals surface area (Å²) >= 11 is 0. The van der Waals surface area contributed by atoms with Crippen LogP contribution in [0.2, 0.25) is 0 Å². The van der Waals surface area contributed by atoms with Crippen LogP contribution in [0, 0.1) is 11.8 Å². The molecular formula is C28H46N2O5. The fraction of sp³-hybridized carbons (Fsp3) is 0.714. The molecule has 1 aromatic carbocycles. The Balaban J connectivity index is 0.00000210. The molecule has 0 radical (unpaired) electrons. The van der Waals surface area contributed by atoms with E-state index < -0.39 is 18.1 Å². The number of nitrogens with zero attached hydrogens (tertiary/aromatic N) is 1. The predicted octanol–water partition coefficient (Wildman–Crippen LogP) is 4.40. The summed E-state index contributed by atoms with van der Waals surface area (Å²) in [6.45, 7) is 10.4. The molecule has 6 atom stereocenters. The zero-order chi connectivity index (χ0) is 26.0. The third-order valence-corrected chi connectivity index (χ3v) is 7.34. The van der Waals surface area contributed by atoms with Crippen molar-refractivity contribution in [3.05, 3.63) is 35.9 Å². The van der Waals surface area contributed by atoms with E-state index in [1.54, 1.807) is 4.90 Å². The minimum absolute atomic E-state index is 0.197. The molecule has 1 aromatic rings. The molecule has 0 saturated carbocycles. The standard InChI is InChI=1S/C26H40N2O5.C2H6/c1-4-21(16-20-10-6-5-7-11-20)19(3)32-25(30)22-12-8-9-15-28(22)24(29)17-26(31)18(2)13-14-23(27)33-26;1-2/h5-7,10-11,18-19,21-23,31H,4,8-9,12-17,27H2,1-3H3;1-2H3. The highest BCUT2D eigenvalue weighted by Crippen LogP contribution is 2.34. The molecule has 1 amide bonds. The SMILES string of the molecule is CC.CCC(Cc1ccccc1)C(C)OC(=O)C1CCCCN1C(=O)CC1(O)OC(N)CCC1C. The minimum atomic E-state index is -1.60. The van der Waals surface area contributed by atoms with Crippen molar-refractivity contribution in [3.63, 3.8) is 0 Å². The number of ether oxygens (including phenoxy) is 2. The molecule has 35 heavy (non-hydrogen) atoms. The highest BCUT2D eigenvalue weighted by Gasteiger charge is 2.45. The van der Waals surface area contributed by atoms with Gasteiger partial charge in [0.25, 0.3) is 0 Å². The van der Waals surface area contributed by atoms with E-state index in [1.165, 1.54) is 5.56 Å². The Labute approximate surface area is 211 Å². The number of carbonyl (C=O) groups excluding carboxylic acids is 2. The number of hydrogen-bond acceptors (Lipinski definition) is 6. The molecular weight excluding hydrogens is 444 g/mol. The van der Waals surface area contributed by atoms with Gasteiger partial charge in [-0.05, 0) is 63.4 Å². The number of rotatable bonds is 8. The third-order valence-electron chi connectivity index (χ3n) is 7.34. The van der Waals surface area contributed by atoms with Gasteiger partial charge >= 0.3 is 5.97 Å². The number of likely N-dealkylation sites (tertiary alicyclic amines) is 1. The molecule has 6 unspecified atom stereocenters. The van der Waals surface area contributed by atoms with Crippen molar-refractivity contribution in [2.45, 2.75) is 110 Å². The van der Waals surface area contributed by atoms with E-state index in [0.29, 0.717) is 25.8 Å². The van der Waals surface area contributed by atoms with E-state index in [1.807, 2.05) is 45.9 Å². The van der Waals surface area contributed by atoms with Crippen LogP contribution in [0.5, 0.6) is 0 Å². The molecule has 7 nitrogen and oxygen atoms in total. The van der Waals surface area contributed by atoms with Gasteiger partial charge < -0.3 is 25.2 Å². The zero-order valence-corrected chi connectivity index (χ0v) is 22.2. The van der Waals surface area contributed by atoms with Crippen molar-refractivity contribution in [3.8, 4) is 0 Å². The van der Waals surface area contributed by atoms with Crippen molar-refractivity contribution in [1.82, 2.24) is 4.90 Å². The van der Waals surface area contributed by atoms with E-state index >= 15 is 0 Å². The zero-order valence-electron chi connectivity index (χ0n) is 22.2. The fourth-order valence-corrected chi connectivity index (χ4v) is 5.00. The van der Waals surface area contributed by atoms with E-state index in [0.717, 1.165) is 25.7 Å². The molecule has 3 N–H and O–H groups in total. The van der Waals surface area contributed by atoms with E-state index in [-0.39, 0.29) is 36.2 Å². The van der Waals surface area contributed by atoms with Crippen LogP contribution in [0.4, 0.5) is 0 Å². The van der Waals surface area contributed by atoms with Crippen LogP contribution in [0.3, 0.4) is 0 Å². The normalized spacial score (nSPS) is 28.3. The number of esters is 1. The van der Waals surface area contributed by atoms with E-state index in [4.69, 9.17) is 15.2 Å². The van der Waals surface area contributed by atoms with Crippen LogP contribution in [0.15, 0.2) is 30.3 Å². The van der Waals surface area contributed by atoms with Crippen LogP contribution < -0.4 is 5.73 Å². The monoisotopic (exact) mass is 490 g/mol. The lowest BCUT2D eigenvalue weighted by Crippen LogP contribution is -2.55. The second kappa shape index (κ2) is 14.0. The Morgan fingerprint density at radius 2 is 1.89 bits per heavy atom. The predicted molar refractivity (Wildman–Crippen MR) is 137 cm³/mol. The molecule has 2 saturated heterocycles. The second-order valence-corrected chi connectivity index (χ2v) is 9.76. The number of aliphatic hydroxyl groups is 1. The summed E-state index contributed by atoms with van der Waals surface area (Å²) in [6.07, 6.45) is 4.27. The van der Waals surface area contributed by atoms with Crippen LogP contribution in [-0.2, 0) is 25.5 Å². The molecule has 0 bridgehead atoms. The van der Waals surface area contributed by atoms with Gasteiger partial charge in [0.15, 0.2) is 5.79 Å². The molecule has 198 valence electrons. The molecule has 0 aromatic heterocycles. The Bertz CT molecular complexity index is 789. The largest absolute Gasteiger partial charge is 0.461 e. The number of amides is 1. The number of benzene rings is 1. The lowest BCUT2D eigenvalue weighted by Gasteiger charge is -2.42. The minimum Gasteiger partial charge on any atom is -0.461 e. The summed E-state index contributed by atoms with van der Waals surface area (Å²) in [5, 5.41) is 11.0. The molecule has 0 aliphatic carbocycles. The van der Waals surface area contributed by atoms with Crippen molar-refractivity contribution in [1.29, 1.82) is 0 Å². The van der Waals surface area contributed by atoms with E-state index in [9.17, 15) is 14.7 Å². The molecule has 2 heterocycles. The maximum Gasteiger partial charge on any atom is 0.329 e. The lowest BCUT2D eigenvalue weighted by molar-refractivity contribution is -0.279. The first kappa shape index (κ1) is 29.3. The Kier molecular flexibility index (Phi) is 11.7. The lowest BCUT2D eigenvalue weighted by atomic mass is 9.88. The van der Waals surface area contributed by atoms with Crippen molar-refractivity contribution < 1.29 is 24.2 Å². The number of nitrogens with two attached hydrogens (primary N) is 1. The second-order valence-electron chi connectivity index (χ2n) is 9.76. The van der Waals surface area contributed by atoms with Crippen LogP contribution in [0.1, 0.15) is 85.1 Å². The summed E-state index contributed by atoms with van der Waals surface area (Å²) in [7, 11) is 0. The molecule has 2 fully saturated rings. The first-order valence-electron chi connectivity index (χ1n) is 13.4. The van der Waals surface area contributed by atoms with Gasteiger partial charge in [0.05, 0.1) is 6.42 Å². The fourth-order valence-electron chi connectivity index (χ4n) is 5.00. The van der Waals surface area contributed by atoms with Crippen molar-refractivity contribution >= 4 is 11.9 Å². The first-order chi connectivity index (χ1) is 16.7. The maximum atomic E-state index is 13.2. The summed E-state index contributed by atoms with van der Waals surface area (Å²) in [5.41, 5.74) is 7.09. The van der Waals surface area contributed by atoms with E-state index in [2.05, 4.69) is 19.1 Å². The Hall–Kier alpha value is -1.96. The topological polar surface area (TPSA) is 102 Å². The number of piperidine rings is 1. The average Bonchev–Trinajstić information content (AvgIpc) is 2.86. The van der Waals surface area contributed by atoms with Gasteiger partial charge in [0.2, 0.25) is 5.91 Å². The molecule has 2 aliphatic rings. The summed E-state index contributed by atoms with van der Waals surface area (Å²) in [4.78, 5) is 27.9. The van der Waals surface area contributed by atoms with Gasteiger partial charge in [-0.1, -0.05) is 58.0 Å². The Morgan fingerprint density at radius 3 is 2.54 bits per heavy atom. The van der Waals surface area contributed by atoms with Crippen molar-refractivity contribution in [2.24, 2.45) is 17.6 Å². The number of hydrogen-bond donors (Lipinski definition) is 2. The van der Waals surface area contributed by atoms with Crippen molar-refractivity contribution in [2.75, 3.05) is 6.54 Å². The summed E-state index contributed by atoms with van der Waals surface area (Å²) in [5.74, 6) is -2.26. The first-order valence-corrected chi connectivity index (χ1v) is 13.4. The van der Waals surface area contributed by atoms with Gasteiger partial charge in [-0.15, -0.1) is 0 Å². The van der Waals surface area contributed by atoms with Crippen LogP contribution in [-0.4, -0.2) is 52.6 Å². The molecule has 2 aliphatic heterocycles. The summed E-state index contributed by atoms with van der Waals surface area (Å²) in [6, 6.07) is 9.57. The molecule has 3 rings (SSSR count). The smallest absolute Gasteiger partial charge is 0.329 e. The molecule has 7 heteroatoms. The highest BCUT2D eigenvalue weighted by atomic mass is 16.6. The summed E-state index contributed by atoms with van der Waals surface area (Å²) < 4.78 is 11.5. The van der Waals surface area contributed by atoms with Gasteiger partial charge in [0.1, 0.15) is 18.4 Å².